The Balaban J connectivity index is 1.99. The third kappa shape index (κ3) is 34.9. The molecule has 286 valence electrons. The van der Waals surface area contributed by atoms with Crippen LogP contribution in [0.15, 0.2) is 48.6 Å². The second kappa shape index (κ2) is 39.5. The highest BCUT2D eigenvalue weighted by Gasteiger charge is 2.19. The molecule has 1 unspecified atom stereocenters. The molecule has 1 rings (SSSR count). The van der Waals surface area contributed by atoms with E-state index in [2.05, 4.69) is 67.4 Å². The zero-order valence-electron chi connectivity index (χ0n) is 32.3. The Kier molecular flexibility index (Phi) is 36.9. The largest absolute Gasteiger partial charge is 0.379 e. The summed E-state index contributed by atoms with van der Waals surface area (Å²) in [5, 5.41) is 0. The fourth-order valence-corrected chi connectivity index (χ4v) is 5.81. The van der Waals surface area contributed by atoms with Crippen molar-refractivity contribution in [3.63, 3.8) is 0 Å². The molecule has 1 aliphatic rings. The molecule has 6 nitrogen and oxygen atoms in total. The lowest BCUT2D eigenvalue weighted by Gasteiger charge is -2.29. The first-order valence-corrected chi connectivity index (χ1v) is 20.8. The van der Waals surface area contributed by atoms with Crippen molar-refractivity contribution in [2.75, 3.05) is 52.7 Å². The summed E-state index contributed by atoms with van der Waals surface area (Å²) < 4.78 is 5.50. The van der Waals surface area contributed by atoms with Crippen LogP contribution < -0.4 is 0 Å². The van der Waals surface area contributed by atoms with Crippen LogP contribution in [0.2, 0.25) is 0 Å². The molecule has 0 N–H and O–H groups in total. The van der Waals surface area contributed by atoms with Crippen LogP contribution in [0.3, 0.4) is 0 Å². The lowest BCUT2D eigenvalue weighted by atomic mass is 10.1. The van der Waals surface area contributed by atoms with Gasteiger partial charge in [0.25, 0.3) is 0 Å². The summed E-state index contributed by atoms with van der Waals surface area (Å²) >= 11 is 0. The molecule has 0 bridgehead atoms. The molecule has 0 aromatic carbocycles. The first-order valence-electron chi connectivity index (χ1n) is 20.8. The van der Waals surface area contributed by atoms with Gasteiger partial charge in [-0.05, 0) is 77.0 Å². The van der Waals surface area contributed by atoms with Crippen molar-refractivity contribution in [3.8, 4) is 0 Å². The van der Waals surface area contributed by atoms with Crippen molar-refractivity contribution >= 4 is 0 Å². The van der Waals surface area contributed by atoms with Gasteiger partial charge >= 0.3 is 0 Å². The van der Waals surface area contributed by atoms with Crippen molar-refractivity contribution in [1.29, 1.82) is 0 Å². The Morgan fingerprint density at radius 3 is 1.41 bits per heavy atom. The lowest BCUT2D eigenvalue weighted by Crippen LogP contribution is -2.43. The molecule has 0 aromatic heterocycles. The number of hydrogen-bond donors (Lipinski definition) is 0. The van der Waals surface area contributed by atoms with Crippen molar-refractivity contribution in [2.45, 2.75) is 174 Å². The van der Waals surface area contributed by atoms with Crippen molar-refractivity contribution in [3.05, 3.63) is 48.6 Å². The lowest BCUT2D eigenvalue weighted by molar-refractivity contribution is -0.368. The van der Waals surface area contributed by atoms with Gasteiger partial charge in [-0.3, -0.25) is 4.90 Å². The molecule has 0 saturated carbocycles. The van der Waals surface area contributed by atoms with E-state index in [0.717, 1.165) is 58.5 Å². The fourth-order valence-electron chi connectivity index (χ4n) is 5.81. The number of allylic oxidation sites excluding steroid dienone is 8. The Hall–Kier alpha value is -1.28. The number of unbranched alkanes of at least 4 members (excludes halogenated alkanes) is 18. The number of rotatable bonds is 37. The summed E-state index contributed by atoms with van der Waals surface area (Å²) in [4.78, 5) is 24.9. The van der Waals surface area contributed by atoms with Crippen LogP contribution in [-0.4, -0.2) is 63.7 Å². The van der Waals surface area contributed by atoms with Crippen molar-refractivity contribution in [1.82, 2.24) is 4.90 Å². The van der Waals surface area contributed by atoms with Crippen LogP contribution in [0.4, 0.5) is 0 Å². The smallest absolute Gasteiger partial charge is 0.132 e. The van der Waals surface area contributed by atoms with Crippen LogP contribution in [0.25, 0.3) is 0 Å². The zero-order chi connectivity index (χ0) is 35.0. The van der Waals surface area contributed by atoms with Gasteiger partial charge in [-0.15, -0.1) is 0 Å². The second-order valence-electron chi connectivity index (χ2n) is 13.7. The number of morpholine rings is 1. The Labute approximate surface area is 303 Å². The monoisotopic (exact) mass is 690 g/mol. The summed E-state index contributed by atoms with van der Waals surface area (Å²) in [6.45, 7) is 10.3. The van der Waals surface area contributed by atoms with Crippen LogP contribution in [0.1, 0.15) is 168 Å². The second-order valence-corrected chi connectivity index (χ2v) is 13.7. The molecule has 0 aliphatic carbocycles. The third-order valence-corrected chi connectivity index (χ3v) is 8.96. The van der Waals surface area contributed by atoms with E-state index >= 15 is 0 Å². The van der Waals surface area contributed by atoms with E-state index in [0.29, 0.717) is 19.8 Å². The van der Waals surface area contributed by atoms with E-state index in [1.807, 2.05) is 0 Å². The average Bonchev–Trinajstić information content (AvgIpc) is 3.12. The molecule has 1 heterocycles. The first kappa shape index (κ1) is 45.7. The predicted octanol–water partition coefficient (Wildman–Crippen LogP) is 12.2. The Morgan fingerprint density at radius 1 is 0.490 bits per heavy atom. The summed E-state index contributed by atoms with van der Waals surface area (Å²) in [6.07, 6.45) is 48.2. The molecule has 6 heteroatoms. The predicted molar refractivity (Wildman–Crippen MR) is 209 cm³/mol. The Morgan fingerprint density at radius 2 is 0.918 bits per heavy atom. The minimum absolute atomic E-state index is 0.168. The normalized spacial score (nSPS) is 15.2. The van der Waals surface area contributed by atoms with Gasteiger partial charge in [0, 0.05) is 19.6 Å². The number of hydrogen-bond acceptors (Lipinski definition) is 6. The van der Waals surface area contributed by atoms with Gasteiger partial charge < -0.3 is 4.74 Å². The first-order chi connectivity index (χ1) is 24.4. The summed E-state index contributed by atoms with van der Waals surface area (Å²) in [5.74, 6) is 0. The summed E-state index contributed by atoms with van der Waals surface area (Å²) in [7, 11) is 0. The van der Waals surface area contributed by atoms with Gasteiger partial charge in [-0.2, -0.15) is 0 Å². The van der Waals surface area contributed by atoms with E-state index in [1.54, 1.807) is 0 Å². The maximum absolute atomic E-state index is 5.80. The minimum Gasteiger partial charge on any atom is -0.379 e. The van der Waals surface area contributed by atoms with E-state index in [9.17, 15) is 0 Å². The van der Waals surface area contributed by atoms with Gasteiger partial charge in [0.15, 0.2) is 0 Å². The SMILES string of the molecule is CCCCC/C=C\C/C=C\CCCCCCCCOOCC(CN1CCOCC1)OOCCCCCCCC/C=C\C/C=C\CCCCC. The molecular weight excluding hydrogens is 610 g/mol. The molecule has 1 aliphatic heterocycles. The molecule has 0 spiro atoms. The van der Waals surface area contributed by atoms with E-state index in [-0.39, 0.29) is 6.10 Å². The highest BCUT2D eigenvalue weighted by Crippen LogP contribution is 2.11. The van der Waals surface area contributed by atoms with Crippen molar-refractivity contribution in [2.24, 2.45) is 0 Å². The van der Waals surface area contributed by atoms with E-state index < -0.39 is 0 Å². The van der Waals surface area contributed by atoms with Gasteiger partial charge in [-0.1, -0.05) is 140 Å². The molecule has 1 atom stereocenters. The van der Waals surface area contributed by atoms with Crippen LogP contribution in [0.5, 0.6) is 0 Å². The van der Waals surface area contributed by atoms with E-state index in [1.165, 1.54) is 128 Å². The molecule has 0 amide bonds. The molecule has 0 radical (unpaired) electrons. The highest BCUT2D eigenvalue weighted by atomic mass is 17.2. The maximum atomic E-state index is 5.80. The van der Waals surface area contributed by atoms with Gasteiger partial charge in [-0.25, -0.2) is 19.6 Å². The number of nitrogens with zero attached hydrogens (tertiary/aromatic N) is 1. The van der Waals surface area contributed by atoms with Crippen LogP contribution in [0, 0.1) is 0 Å². The van der Waals surface area contributed by atoms with Gasteiger partial charge in [0.05, 0.1) is 26.4 Å². The maximum Gasteiger partial charge on any atom is 0.132 e. The van der Waals surface area contributed by atoms with Crippen LogP contribution >= 0.6 is 0 Å². The average molecular weight is 690 g/mol. The Bertz CT molecular complexity index is 761. The molecule has 1 saturated heterocycles. The summed E-state index contributed by atoms with van der Waals surface area (Å²) in [5.41, 5.74) is 0. The fraction of sp³-hybridized carbons (Fsp3) is 0.814. The minimum atomic E-state index is -0.168. The molecule has 0 aromatic rings. The number of ether oxygens (including phenoxy) is 1. The molecule has 1 fully saturated rings. The van der Waals surface area contributed by atoms with Crippen LogP contribution in [-0.2, 0) is 24.3 Å². The quantitative estimate of drug-likeness (QED) is 0.0280. The standard InChI is InChI=1S/C43H79NO5/c1-3-5-7-9-11-13-15-17-19-21-23-25-27-29-31-33-37-46-48-42-43(41-44-35-39-45-40-36-44)49-47-38-34-32-30-28-26-24-22-20-18-16-14-12-10-8-6-4-2/h11-14,17-20,43H,3-10,15-16,21-42H2,1-2H3/b13-11-,14-12-,19-17-,20-18-. The third-order valence-electron chi connectivity index (χ3n) is 8.96. The van der Waals surface area contributed by atoms with E-state index in [4.69, 9.17) is 24.3 Å². The highest BCUT2D eigenvalue weighted by molar-refractivity contribution is 4.93. The summed E-state index contributed by atoms with van der Waals surface area (Å²) in [6, 6.07) is 0. The molecular formula is C43H79NO5. The topological polar surface area (TPSA) is 49.4 Å². The zero-order valence-corrected chi connectivity index (χ0v) is 32.3. The van der Waals surface area contributed by atoms with Gasteiger partial charge in [0.1, 0.15) is 12.7 Å². The van der Waals surface area contributed by atoms with Crippen molar-refractivity contribution < 1.29 is 24.3 Å². The van der Waals surface area contributed by atoms with Gasteiger partial charge in [0.2, 0.25) is 0 Å². The molecule has 49 heavy (non-hydrogen) atoms.